The summed E-state index contributed by atoms with van der Waals surface area (Å²) >= 11 is 1.65. The molecule has 0 radical (unpaired) electrons. The molecule has 0 saturated heterocycles. The predicted molar refractivity (Wildman–Crippen MR) is 86.5 cm³/mol. The molecular formula is C16H14N4OS. The van der Waals surface area contributed by atoms with Crippen LogP contribution in [-0.4, -0.2) is 15.2 Å². The number of aromatic amines is 1. The van der Waals surface area contributed by atoms with Gasteiger partial charge in [-0.1, -0.05) is 18.2 Å². The van der Waals surface area contributed by atoms with Crippen molar-refractivity contribution in [1.82, 2.24) is 20.5 Å². The molecule has 1 aromatic carbocycles. The van der Waals surface area contributed by atoms with E-state index in [1.807, 2.05) is 48.1 Å². The highest BCUT2D eigenvalue weighted by molar-refractivity contribution is 7.09. The van der Waals surface area contributed by atoms with E-state index in [4.69, 9.17) is 4.42 Å². The van der Waals surface area contributed by atoms with Crippen molar-refractivity contribution >= 4 is 22.3 Å². The number of nitrogens with zero attached hydrogens (tertiary/aromatic N) is 2. The molecule has 0 amide bonds. The lowest BCUT2D eigenvalue weighted by Crippen LogP contribution is -2.12. The lowest BCUT2D eigenvalue weighted by Gasteiger charge is -2.02. The first kappa shape index (κ1) is 13.2. The van der Waals surface area contributed by atoms with E-state index >= 15 is 0 Å². The topological polar surface area (TPSA) is 66.7 Å². The summed E-state index contributed by atoms with van der Waals surface area (Å²) in [5.74, 6) is 0.810. The van der Waals surface area contributed by atoms with E-state index in [0.717, 1.165) is 39.5 Å². The molecule has 0 atom stereocenters. The number of aromatic nitrogens is 3. The predicted octanol–water partition coefficient (Wildman–Crippen LogP) is 3.57. The van der Waals surface area contributed by atoms with Crippen LogP contribution in [0.5, 0.6) is 0 Å². The second kappa shape index (κ2) is 5.75. The third-order valence-corrected chi connectivity index (χ3v) is 4.24. The van der Waals surface area contributed by atoms with Gasteiger partial charge in [0.1, 0.15) is 16.3 Å². The molecule has 0 aliphatic carbocycles. The molecular weight excluding hydrogens is 296 g/mol. The van der Waals surface area contributed by atoms with Gasteiger partial charge in [0.25, 0.3) is 0 Å². The second-order valence-electron chi connectivity index (χ2n) is 4.95. The highest BCUT2D eigenvalue weighted by Gasteiger charge is 2.12. The first-order chi connectivity index (χ1) is 10.9. The summed E-state index contributed by atoms with van der Waals surface area (Å²) in [5, 5.41) is 14.7. The zero-order valence-electron chi connectivity index (χ0n) is 11.7. The van der Waals surface area contributed by atoms with E-state index in [1.54, 1.807) is 11.3 Å². The molecule has 0 spiro atoms. The van der Waals surface area contributed by atoms with Gasteiger partial charge in [-0.2, -0.15) is 5.10 Å². The fourth-order valence-corrected chi connectivity index (χ4v) is 2.99. The van der Waals surface area contributed by atoms with E-state index in [1.165, 1.54) is 0 Å². The number of nitrogens with one attached hydrogen (secondary N) is 2. The summed E-state index contributed by atoms with van der Waals surface area (Å²) in [6.45, 7) is 1.46. The van der Waals surface area contributed by atoms with Gasteiger partial charge in [-0.05, 0) is 12.1 Å². The van der Waals surface area contributed by atoms with Crippen LogP contribution in [0.25, 0.3) is 22.4 Å². The molecule has 0 fully saturated rings. The van der Waals surface area contributed by atoms with Gasteiger partial charge in [0.05, 0.1) is 6.20 Å². The average Bonchev–Trinajstić information content (AvgIpc) is 3.27. The van der Waals surface area contributed by atoms with Crippen LogP contribution in [0.1, 0.15) is 10.6 Å². The van der Waals surface area contributed by atoms with Crippen LogP contribution in [0.3, 0.4) is 0 Å². The Morgan fingerprint density at radius 3 is 3.05 bits per heavy atom. The monoisotopic (exact) mass is 310 g/mol. The molecule has 2 N–H and O–H groups in total. The fraction of sp³-hybridized carbons (Fsp3) is 0.125. The molecule has 0 aliphatic rings. The molecule has 0 unspecified atom stereocenters. The first-order valence-electron chi connectivity index (χ1n) is 7.00. The zero-order valence-corrected chi connectivity index (χ0v) is 12.6. The van der Waals surface area contributed by atoms with Crippen LogP contribution >= 0.6 is 11.3 Å². The Balaban J connectivity index is 1.54. The van der Waals surface area contributed by atoms with Crippen molar-refractivity contribution in [3.05, 3.63) is 58.7 Å². The number of benzene rings is 1. The minimum absolute atomic E-state index is 0.711. The van der Waals surface area contributed by atoms with Crippen molar-refractivity contribution < 1.29 is 4.42 Å². The molecule has 0 saturated carbocycles. The first-order valence-corrected chi connectivity index (χ1v) is 7.88. The molecule has 4 rings (SSSR count). The molecule has 6 heteroatoms. The van der Waals surface area contributed by atoms with E-state index in [9.17, 15) is 0 Å². The highest BCUT2D eigenvalue weighted by atomic mass is 32.1. The van der Waals surface area contributed by atoms with Gasteiger partial charge in [0.15, 0.2) is 5.76 Å². The van der Waals surface area contributed by atoms with E-state index < -0.39 is 0 Å². The third kappa shape index (κ3) is 2.54. The number of H-pyrrole nitrogens is 1. The molecule has 4 aromatic rings. The molecule has 5 nitrogen and oxygen atoms in total. The van der Waals surface area contributed by atoms with Crippen LogP contribution < -0.4 is 5.32 Å². The molecule has 22 heavy (non-hydrogen) atoms. The smallest absolute Gasteiger partial charge is 0.153 e. The summed E-state index contributed by atoms with van der Waals surface area (Å²) in [5.41, 5.74) is 2.88. The van der Waals surface area contributed by atoms with Crippen molar-refractivity contribution in [3.63, 3.8) is 0 Å². The Morgan fingerprint density at radius 1 is 1.23 bits per heavy atom. The van der Waals surface area contributed by atoms with Crippen LogP contribution in [0.15, 0.2) is 52.5 Å². The summed E-state index contributed by atoms with van der Waals surface area (Å²) in [6, 6.07) is 10.0. The average molecular weight is 310 g/mol. The molecule has 110 valence electrons. The van der Waals surface area contributed by atoms with Gasteiger partial charge in [-0.3, -0.25) is 5.10 Å². The molecule has 0 bridgehead atoms. The van der Waals surface area contributed by atoms with E-state index in [2.05, 4.69) is 20.5 Å². The number of hydrogen-bond acceptors (Lipinski definition) is 5. The van der Waals surface area contributed by atoms with Gasteiger partial charge in [-0.15, -0.1) is 11.3 Å². The number of thiazole rings is 1. The quantitative estimate of drug-likeness (QED) is 0.591. The lowest BCUT2D eigenvalue weighted by atomic mass is 10.2. The number of para-hydroxylation sites is 1. The van der Waals surface area contributed by atoms with E-state index in [-0.39, 0.29) is 0 Å². The maximum absolute atomic E-state index is 5.90. The number of fused-ring (bicyclic) bond motifs is 1. The van der Waals surface area contributed by atoms with Crippen LogP contribution in [-0.2, 0) is 13.1 Å². The maximum Gasteiger partial charge on any atom is 0.153 e. The molecule has 3 aromatic heterocycles. The summed E-state index contributed by atoms with van der Waals surface area (Å²) in [7, 11) is 0. The van der Waals surface area contributed by atoms with Gasteiger partial charge in [0.2, 0.25) is 0 Å². The Labute approximate surface area is 131 Å². The minimum atomic E-state index is 0.711. The Kier molecular flexibility index (Phi) is 3.46. The van der Waals surface area contributed by atoms with Crippen LogP contribution in [0, 0.1) is 0 Å². The number of hydrogen-bond donors (Lipinski definition) is 2. The van der Waals surface area contributed by atoms with Gasteiger partial charge >= 0.3 is 0 Å². The van der Waals surface area contributed by atoms with Crippen LogP contribution in [0.2, 0.25) is 0 Å². The largest absolute Gasteiger partial charge is 0.454 e. The minimum Gasteiger partial charge on any atom is -0.454 e. The summed E-state index contributed by atoms with van der Waals surface area (Å²) in [6.07, 6.45) is 3.65. The Hall–Kier alpha value is -2.44. The van der Waals surface area contributed by atoms with Crippen molar-refractivity contribution in [3.8, 4) is 11.5 Å². The van der Waals surface area contributed by atoms with Crippen molar-refractivity contribution in [1.29, 1.82) is 0 Å². The molecule has 0 aliphatic heterocycles. The highest BCUT2D eigenvalue weighted by Crippen LogP contribution is 2.28. The van der Waals surface area contributed by atoms with E-state index in [0.29, 0.717) is 6.54 Å². The standard InChI is InChI=1S/C16H14N4OS/c1-2-4-13-11(3-1)7-14(21-13)16-12(9-19-20-16)8-17-10-15-18-5-6-22-15/h1-7,9,17H,8,10H2,(H,19,20). The SMILES string of the molecule is c1ccc2oc(-c3[nH]ncc3CNCc3nccs3)cc2c1. The van der Waals surface area contributed by atoms with Crippen LogP contribution in [0.4, 0.5) is 0 Å². The maximum atomic E-state index is 5.90. The Morgan fingerprint density at radius 2 is 2.18 bits per heavy atom. The number of rotatable bonds is 5. The van der Waals surface area contributed by atoms with Gasteiger partial charge < -0.3 is 9.73 Å². The van der Waals surface area contributed by atoms with Crippen molar-refractivity contribution in [2.24, 2.45) is 0 Å². The molecule has 3 heterocycles. The number of furan rings is 1. The van der Waals surface area contributed by atoms with Crippen molar-refractivity contribution in [2.75, 3.05) is 0 Å². The second-order valence-corrected chi connectivity index (χ2v) is 5.93. The lowest BCUT2D eigenvalue weighted by molar-refractivity contribution is 0.625. The third-order valence-electron chi connectivity index (χ3n) is 3.46. The summed E-state index contributed by atoms with van der Waals surface area (Å²) in [4.78, 5) is 4.26. The van der Waals surface area contributed by atoms with Gasteiger partial charge in [0, 0.05) is 35.6 Å². The fourth-order valence-electron chi connectivity index (χ4n) is 2.41. The summed E-state index contributed by atoms with van der Waals surface area (Å²) < 4.78 is 5.90. The normalized spacial score (nSPS) is 11.3. The van der Waals surface area contributed by atoms with Gasteiger partial charge in [-0.25, -0.2) is 4.98 Å². The zero-order chi connectivity index (χ0) is 14.8. The van der Waals surface area contributed by atoms with Crippen molar-refractivity contribution in [2.45, 2.75) is 13.1 Å². The Bertz CT molecular complexity index is 845.